The number of halogens is 1. The molecule has 5 heteroatoms. The lowest BCUT2D eigenvalue weighted by molar-refractivity contribution is 0.478. The summed E-state index contributed by atoms with van der Waals surface area (Å²) in [6.45, 7) is 2.63. The zero-order valence-electron chi connectivity index (χ0n) is 11.0. The van der Waals surface area contributed by atoms with Crippen molar-refractivity contribution in [3.63, 3.8) is 0 Å². The summed E-state index contributed by atoms with van der Waals surface area (Å²) < 4.78 is 15.8. The molecule has 102 valence electrons. The molecule has 0 aliphatic heterocycles. The Morgan fingerprint density at radius 2 is 2.10 bits per heavy atom. The van der Waals surface area contributed by atoms with Gasteiger partial charge in [0.25, 0.3) is 0 Å². The Morgan fingerprint density at radius 1 is 1.30 bits per heavy atom. The van der Waals surface area contributed by atoms with Gasteiger partial charge in [0, 0.05) is 12.1 Å². The van der Waals surface area contributed by atoms with Crippen molar-refractivity contribution >= 4 is 16.7 Å². The second-order valence-electron chi connectivity index (χ2n) is 4.56. The van der Waals surface area contributed by atoms with E-state index in [4.69, 9.17) is 5.73 Å². The fourth-order valence-corrected chi connectivity index (χ4v) is 2.35. The predicted molar refractivity (Wildman–Crippen MR) is 76.9 cm³/mol. The molecular weight excluding hydrogens is 257 g/mol. The maximum Gasteiger partial charge on any atom is 0.151 e. The number of nitrogen functional groups attached to an aromatic ring is 1. The number of aryl methyl sites for hydroxylation is 1. The summed E-state index contributed by atoms with van der Waals surface area (Å²) in [4.78, 5) is 4.37. The van der Waals surface area contributed by atoms with Crippen molar-refractivity contribution in [2.75, 3.05) is 5.73 Å². The van der Waals surface area contributed by atoms with E-state index in [1.807, 2.05) is 17.6 Å². The Labute approximate surface area is 115 Å². The molecular formula is C15H14FN3O. The van der Waals surface area contributed by atoms with Gasteiger partial charge in [0.2, 0.25) is 0 Å². The summed E-state index contributed by atoms with van der Waals surface area (Å²) in [5.41, 5.74) is 7.82. The number of phenolic OH excluding ortho intramolecular Hbond substituents is 1. The molecule has 0 saturated carbocycles. The first kappa shape index (κ1) is 12.5. The molecule has 4 nitrogen and oxygen atoms in total. The van der Waals surface area contributed by atoms with E-state index in [1.54, 1.807) is 18.2 Å². The number of aromatic hydroxyl groups is 1. The van der Waals surface area contributed by atoms with Gasteiger partial charge in [0.05, 0.1) is 11.2 Å². The molecule has 0 atom stereocenters. The molecule has 0 aliphatic carbocycles. The molecule has 3 rings (SSSR count). The Kier molecular flexibility index (Phi) is 2.82. The fourth-order valence-electron chi connectivity index (χ4n) is 2.35. The minimum Gasteiger partial charge on any atom is -0.506 e. The first-order chi connectivity index (χ1) is 9.61. The zero-order chi connectivity index (χ0) is 14.3. The summed E-state index contributed by atoms with van der Waals surface area (Å²) in [6.07, 6.45) is 0. The van der Waals surface area contributed by atoms with E-state index in [0.29, 0.717) is 17.9 Å². The van der Waals surface area contributed by atoms with Crippen LogP contribution in [0.4, 0.5) is 10.1 Å². The minimum absolute atomic E-state index is 0.0269. The number of nitrogens with two attached hydrogens (primary N) is 1. The van der Waals surface area contributed by atoms with E-state index in [-0.39, 0.29) is 17.3 Å². The van der Waals surface area contributed by atoms with Gasteiger partial charge in [0.15, 0.2) is 5.82 Å². The van der Waals surface area contributed by atoms with Gasteiger partial charge < -0.3 is 15.4 Å². The summed E-state index contributed by atoms with van der Waals surface area (Å²) in [5.74, 6) is 0.320. The maximum absolute atomic E-state index is 13.8. The van der Waals surface area contributed by atoms with Gasteiger partial charge in [-0.3, -0.25) is 0 Å². The molecule has 0 radical (unpaired) electrons. The Bertz CT molecular complexity index is 795. The third-order valence-electron chi connectivity index (χ3n) is 3.33. The molecule has 3 aromatic rings. The van der Waals surface area contributed by atoms with E-state index in [0.717, 1.165) is 11.1 Å². The molecule has 0 aliphatic rings. The van der Waals surface area contributed by atoms with Crippen LogP contribution in [0, 0.1) is 5.82 Å². The van der Waals surface area contributed by atoms with Crippen LogP contribution in [0.25, 0.3) is 22.4 Å². The van der Waals surface area contributed by atoms with E-state index >= 15 is 0 Å². The van der Waals surface area contributed by atoms with Crippen LogP contribution in [0.15, 0.2) is 36.4 Å². The zero-order valence-corrected chi connectivity index (χ0v) is 11.0. The van der Waals surface area contributed by atoms with Crippen LogP contribution in [0.1, 0.15) is 6.92 Å². The smallest absolute Gasteiger partial charge is 0.151 e. The van der Waals surface area contributed by atoms with Gasteiger partial charge >= 0.3 is 0 Å². The summed E-state index contributed by atoms with van der Waals surface area (Å²) in [6, 6.07) is 9.77. The Balaban J connectivity index is 2.30. The second-order valence-corrected chi connectivity index (χ2v) is 4.56. The van der Waals surface area contributed by atoms with Crippen molar-refractivity contribution in [3.05, 3.63) is 42.2 Å². The standard InChI is InChI=1S/C15H14FN3O/c1-2-19-12-5-3-4-10(16)14(12)18-15(19)9-6-7-13(20)11(17)8-9/h3-8,20H,2,17H2,1H3. The van der Waals surface area contributed by atoms with Gasteiger partial charge in [-0.1, -0.05) is 6.07 Å². The fraction of sp³-hybridized carbons (Fsp3) is 0.133. The number of hydrogen-bond donors (Lipinski definition) is 2. The first-order valence-corrected chi connectivity index (χ1v) is 6.35. The van der Waals surface area contributed by atoms with Crippen LogP contribution in [-0.2, 0) is 6.54 Å². The van der Waals surface area contributed by atoms with Gasteiger partial charge in [-0.25, -0.2) is 9.37 Å². The quantitative estimate of drug-likeness (QED) is 0.556. The normalized spacial score (nSPS) is 11.1. The largest absolute Gasteiger partial charge is 0.506 e. The molecule has 0 spiro atoms. The third kappa shape index (κ3) is 1.79. The number of anilines is 1. The van der Waals surface area contributed by atoms with E-state index in [2.05, 4.69) is 4.98 Å². The van der Waals surface area contributed by atoms with Crippen molar-refractivity contribution in [1.29, 1.82) is 0 Å². The molecule has 0 saturated heterocycles. The number of imidazole rings is 1. The molecule has 0 amide bonds. The predicted octanol–water partition coefficient (Wildman–Crippen LogP) is 3.15. The van der Waals surface area contributed by atoms with E-state index in [1.165, 1.54) is 12.1 Å². The number of hydrogen-bond acceptors (Lipinski definition) is 3. The van der Waals surface area contributed by atoms with Gasteiger partial charge in [-0.05, 0) is 37.3 Å². The van der Waals surface area contributed by atoms with E-state index in [9.17, 15) is 9.50 Å². The van der Waals surface area contributed by atoms with Crippen molar-refractivity contribution in [2.45, 2.75) is 13.5 Å². The molecule has 2 aromatic carbocycles. The lowest BCUT2D eigenvalue weighted by atomic mass is 10.2. The Hall–Kier alpha value is -2.56. The van der Waals surface area contributed by atoms with Crippen LogP contribution in [0.5, 0.6) is 5.75 Å². The number of rotatable bonds is 2. The maximum atomic E-state index is 13.8. The topological polar surface area (TPSA) is 64.1 Å². The second kappa shape index (κ2) is 4.52. The van der Waals surface area contributed by atoms with E-state index < -0.39 is 0 Å². The number of fused-ring (bicyclic) bond motifs is 1. The highest BCUT2D eigenvalue weighted by Gasteiger charge is 2.14. The molecule has 0 fully saturated rings. The average Bonchev–Trinajstić information content (AvgIpc) is 2.82. The third-order valence-corrected chi connectivity index (χ3v) is 3.33. The molecule has 0 bridgehead atoms. The summed E-state index contributed by atoms with van der Waals surface area (Å²) in [7, 11) is 0. The van der Waals surface area contributed by atoms with Crippen LogP contribution in [0.3, 0.4) is 0 Å². The van der Waals surface area contributed by atoms with Gasteiger partial charge in [-0.2, -0.15) is 0 Å². The molecule has 20 heavy (non-hydrogen) atoms. The lowest BCUT2D eigenvalue weighted by Crippen LogP contribution is -1.98. The van der Waals surface area contributed by atoms with Crippen molar-refractivity contribution in [2.24, 2.45) is 0 Å². The van der Waals surface area contributed by atoms with Gasteiger partial charge in [0.1, 0.15) is 17.1 Å². The highest BCUT2D eigenvalue weighted by Crippen LogP contribution is 2.30. The minimum atomic E-state index is -0.345. The Morgan fingerprint density at radius 3 is 2.80 bits per heavy atom. The molecule has 1 aromatic heterocycles. The van der Waals surface area contributed by atoms with Crippen LogP contribution in [-0.4, -0.2) is 14.7 Å². The van der Waals surface area contributed by atoms with Crippen molar-refractivity contribution < 1.29 is 9.50 Å². The summed E-state index contributed by atoms with van der Waals surface area (Å²) >= 11 is 0. The average molecular weight is 271 g/mol. The number of benzene rings is 2. The summed E-state index contributed by atoms with van der Waals surface area (Å²) in [5, 5.41) is 9.49. The molecule has 1 heterocycles. The SMILES string of the molecule is CCn1c(-c2ccc(O)c(N)c2)nc2c(F)cccc21. The molecule has 3 N–H and O–H groups in total. The first-order valence-electron chi connectivity index (χ1n) is 6.35. The van der Waals surface area contributed by atoms with Crippen molar-refractivity contribution in [1.82, 2.24) is 9.55 Å². The number of para-hydroxylation sites is 1. The monoisotopic (exact) mass is 271 g/mol. The highest BCUT2D eigenvalue weighted by atomic mass is 19.1. The highest BCUT2D eigenvalue weighted by molar-refractivity contribution is 5.82. The van der Waals surface area contributed by atoms with Crippen LogP contribution >= 0.6 is 0 Å². The van der Waals surface area contributed by atoms with Crippen LogP contribution in [0.2, 0.25) is 0 Å². The van der Waals surface area contributed by atoms with Crippen LogP contribution < -0.4 is 5.73 Å². The van der Waals surface area contributed by atoms with Crippen molar-refractivity contribution in [3.8, 4) is 17.1 Å². The number of aromatic nitrogens is 2. The van der Waals surface area contributed by atoms with Gasteiger partial charge in [-0.15, -0.1) is 0 Å². The molecule has 0 unspecified atom stereocenters. The lowest BCUT2D eigenvalue weighted by Gasteiger charge is -2.07. The number of nitrogens with zero attached hydrogens (tertiary/aromatic N) is 2. The number of phenols is 1.